The minimum Gasteiger partial charge on any atom is -0.367 e. The Kier molecular flexibility index (Phi) is 4.19. The second-order valence-corrected chi connectivity index (χ2v) is 5.20. The van der Waals surface area contributed by atoms with Crippen molar-refractivity contribution in [2.45, 2.75) is 52.0 Å². The maximum atomic E-state index is 8.98. The summed E-state index contributed by atoms with van der Waals surface area (Å²) in [6.07, 6.45) is 6.39. The van der Waals surface area contributed by atoms with E-state index in [0.29, 0.717) is 11.6 Å². The molecule has 1 aromatic heterocycles. The first-order chi connectivity index (χ1) is 8.72. The molecule has 2 rings (SSSR count). The van der Waals surface area contributed by atoms with Crippen LogP contribution in [0.4, 0.5) is 5.82 Å². The number of nitrogens with zero attached hydrogens (tertiary/aromatic N) is 2. The van der Waals surface area contributed by atoms with Gasteiger partial charge in [0.05, 0.1) is 11.6 Å². The summed E-state index contributed by atoms with van der Waals surface area (Å²) in [6, 6.07) is 6.39. The van der Waals surface area contributed by atoms with Crippen LogP contribution in [0.5, 0.6) is 0 Å². The van der Waals surface area contributed by atoms with Gasteiger partial charge in [-0.15, -0.1) is 0 Å². The largest absolute Gasteiger partial charge is 0.367 e. The monoisotopic (exact) mass is 243 g/mol. The first-order valence-corrected chi connectivity index (χ1v) is 6.88. The fourth-order valence-corrected chi connectivity index (χ4v) is 2.88. The van der Waals surface area contributed by atoms with E-state index in [1.54, 1.807) is 0 Å². The van der Waals surface area contributed by atoms with Crippen molar-refractivity contribution >= 4 is 5.82 Å². The highest BCUT2D eigenvalue weighted by Gasteiger charge is 2.23. The molecule has 0 spiro atoms. The Labute approximate surface area is 109 Å². The third-order valence-corrected chi connectivity index (χ3v) is 3.85. The number of pyridine rings is 1. The first-order valence-electron chi connectivity index (χ1n) is 6.88. The Morgan fingerprint density at radius 1 is 1.39 bits per heavy atom. The van der Waals surface area contributed by atoms with Crippen molar-refractivity contribution in [1.82, 2.24) is 4.98 Å². The number of hydrogen-bond acceptors (Lipinski definition) is 3. The van der Waals surface area contributed by atoms with Gasteiger partial charge in [-0.3, -0.25) is 0 Å². The number of hydrogen-bond donors (Lipinski definition) is 1. The van der Waals surface area contributed by atoms with E-state index in [1.165, 1.54) is 32.1 Å². The van der Waals surface area contributed by atoms with Gasteiger partial charge in [0.2, 0.25) is 0 Å². The smallest absolute Gasteiger partial charge is 0.127 e. The molecule has 1 N–H and O–H groups in total. The summed E-state index contributed by atoms with van der Waals surface area (Å²) in [5.41, 5.74) is 1.59. The van der Waals surface area contributed by atoms with Gasteiger partial charge in [-0.05, 0) is 37.8 Å². The molecule has 2 atom stereocenters. The number of nitrogens with one attached hydrogen (secondary N) is 1. The molecule has 1 aromatic rings. The molecular formula is C15H21N3. The molecular weight excluding hydrogens is 222 g/mol. The molecule has 0 saturated heterocycles. The van der Waals surface area contributed by atoms with Crippen molar-refractivity contribution in [2.75, 3.05) is 5.32 Å². The van der Waals surface area contributed by atoms with Crippen LogP contribution in [0.3, 0.4) is 0 Å². The van der Waals surface area contributed by atoms with Crippen molar-refractivity contribution in [3.63, 3.8) is 0 Å². The lowest BCUT2D eigenvalue weighted by Gasteiger charge is -2.32. The maximum absolute atomic E-state index is 8.98. The molecule has 0 bridgehead atoms. The van der Waals surface area contributed by atoms with Crippen molar-refractivity contribution < 1.29 is 0 Å². The van der Waals surface area contributed by atoms with Crippen molar-refractivity contribution in [2.24, 2.45) is 5.92 Å². The molecule has 1 heterocycles. The highest BCUT2D eigenvalue weighted by Crippen LogP contribution is 2.29. The van der Waals surface area contributed by atoms with Crippen molar-refractivity contribution in [3.05, 3.63) is 23.4 Å². The summed E-state index contributed by atoms with van der Waals surface area (Å²) in [7, 11) is 0. The molecule has 3 nitrogen and oxygen atoms in total. The van der Waals surface area contributed by atoms with Gasteiger partial charge in [0.1, 0.15) is 5.82 Å². The molecule has 1 fully saturated rings. The van der Waals surface area contributed by atoms with E-state index in [9.17, 15) is 0 Å². The normalized spacial score (nSPS) is 23.4. The van der Waals surface area contributed by atoms with Crippen LogP contribution in [0.1, 0.15) is 50.3 Å². The average molecular weight is 243 g/mol. The molecule has 18 heavy (non-hydrogen) atoms. The minimum atomic E-state index is 0.518. The fraction of sp³-hybridized carbons (Fsp3) is 0.600. The highest BCUT2D eigenvalue weighted by molar-refractivity contribution is 5.45. The summed E-state index contributed by atoms with van der Waals surface area (Å²) >= 11 is 0. The zero-order valence-corrected chi connectivity index (χ0v) is 11.2. The molecule has 0 amide bonds. The van der Waals surface area contributed by atoms with Crippen LogP contribution in [-0.4, -0.2) is 11.0 Å². The second kappa shape index (κ2) is 5.86. The third kappa shape index (κ3) is 3.01. The standard InChI is InChI=1S/C15H21N3/c1-3-13-6-4-5-7-14(13)18-15-9-12(10-16)8-11(2)17-15/h8-9,13-14H,3-7H2,1-2H3,(H,17,18). The second-order valence-electron chi connectivity index (χ2n) is 5.20. The van der Waals surface area contributed by atoms with Crippen LogP contribution < -0.4 is 5.32 Å². The lowest BCUT2D eigenvalue weighted by atomic mass is 9.83. The predicted molar refractivity (Wildman–Crippen MR) is 73.3 cm³/mol. The molecule has 0 aliphatic heterocycles. The van der Waals surface area contributed by atoms with Crippen LogP contribution in [0, 0.1) is 24.2 Å². The summed E-state index contributed by atoms with van der Waals surface area (Å²) in [5.74, 6) is 1.60. The quantitative estimate of drug-likeness (QED) is 0.881. The minimum absolute atomic E-state index is 0.518. The summed E-state index contributed by atoms with van der Waals surface area (Å²) in [6.45, 7) is 4.19. The van der Waals surface area contributed by atoms with Crippen molar-refractivity contribution in [1.29, 1.82) is 5.26 Å². The van der Waals surface area contributed by atoms with Gasteiger partial charge < -0.3 is 5.32 Å². The van der Waals surface area contributed by atoms with E-state index < -0.39 is 0 Å². The van der Waals surface area contributed by atoms with Crippen LogP contribution in [0.25, 0.3) is 0 Å². The number of aromatic nitrogens is 1. The van der Waals surface area contributed by atoms with Crippen LogP contribution in [-0.2, 0) is 0 Å². The lowest BCUT2D eigenvalue weighted by Crippen LogP contribution is -2.32. The summed E-state index contributed by atoms with van der Waals surface area (Å²) < 4.78 is 0. The van der Waals surface area contributed by atoms with Gasteiger partial charge in [-0.1, -0.05) is 26.2 Å². The van der Waals surface area contributed by atoms with E-state index in [-0.39, 0.29) is 0 Å². The number of aryl methyl sites for hydroxylation is 1. The third-order valence-electron chi connectivity index (χ3n) is 3.85. The number of anilines is 1. The Morgan fingerprint density at radius 2 is 2.17 bits per heavy atom. The van der Waals surface area contributed by atoms with Gasteiger partial charge in [0.15, 0.2) is 0 Å². The van der Waals surface area contributed by atoms with E-state index >= 15 is 0 Å². The molecule has 1 aliphatic carbocycles. The molecule has 1 aliphatic rings. The van der Waals surface area contributed by atoms with E-state index in [2.05, 4.69) is 23.3 Å². The number of rotatable bonds is 3. The van der Waals surface area contributed by atoms with Gasteiger partial charge in [-0.25, -0.2) is 4.98 Å². The maximum Gasteiger partial charge on any atom is 0.127 e. The number of nitriles is 1. The zero-order chi connectivity index (χ0) is 13.0. The molecule has 3 heteroatoms. The molecule has 96 valence electrons. The Hall–Kier alpha value is -1.56. The SMILES string of the molecule is CCC1CCCCC1Nc1cc(C#N)cc(C)n1. The highest BCUT2D eigenvalue weighted by atomic mass is 15.0. The van der Waals surface area contributed by atoms with E-state index in [0.717, 1.165) is 17.4 Å². The fourth-order valence-electron chi connectivity index (χ4n) is 2.88. The molecule has 1 saturated carbocycles. The van der Waals surface area contributed by atoms with Gasteiger partial charge in [-0.2, -0.15) is 5.26 Å². The summed E-state index contributed by atoms with van der Waals surface area (Å²) in [4.78, 5) is 4.48. The average Bonchev–Trinajstić information content (AvgIpc) is 2.38. The topological polar surface area (TPSA) is 48.7 Å². The van der Waals surface area contributed by atoms with E-state index in [1.807, 2.05) is 19.1 Å². The molecule has 0 aromatic carbocycles. The first kappa shape index (κ1) is 12.9. The predicted octanol–water partition coefficient (Wildman–Crippen LogP) is 3.64. The van der Waals surface area contributed by atoms with Gasteiger partial charge in [0.25, 0.3) is 0 Å². The van der Waals surface area contributed by atoms with Crippen LogP contribution >= 0.6 is 0 Å². The molecule has 2 unspecified atom stereocenters. The Bertz CT molecular complexity index is 448. The Balaban J connectivity index is 2.12. The van der Waals surface area contributed by atoms with Crippen LogP contribution in [0.2, 0.25) is 0 Å². The molecule has 0 radical (unpaired) electrons. The summed E-state index contributed by atoms with van der Waals surface area (Å²) in [5, 5.41) is 12.5. The van der Waals surface area contributed by atoms with E-state index in [4.69, 9.17) is 5.26 Å². The van der Waals surface area contributed by atoms with Crippen molar-refractivity contribution in [3.8, 4) is 6.07 Å². The zero-order valence-electron chi connectivity index (χ0n) is 11.2. The van der Waals surface area contributed by atoms with Crippen LogP contribution in [0.15, 0.2) is 12.1 Å². The van der Waals surface area contributed by atoms with Gasteiger partial charge >= 0.3 is 0 Å². The van der Waals surface area contributed by atoms with Gasteiger partial charge in [0, 0.05) is 11.7 Å². The Morgan fingerprint density at radius 3 is 2.89 bits per heavy atom. The lowest BCUT2D eigenvalue weighted by molar-refractivity contribution is 0.317.